The summed E-state index contributed by atoms with van der Waals surface area (Å²) in [6.45, 7) is 10.8. The molecule has 0 spiro atoms. The van der Waals surface area contributed by atoms with Crippen molar-refractivity contribution >= 4 is 21.9 Å². The van der Waals surface area contributed by atoms with Crippen LogP contribution in [0.2, 0.25) is 0 Å². The van der Waals surface area contributed by atoms with Crippen LogP contribution in [0.5, 0.6) is 0 Å². The van der Waals surface area contributed by atoms with Gasteiger partial charge in [-0.15, -0.1) is 0 Å². The maximum absolute atomic E-state index is 11.6. The number of hydrogen-bond acceptors (Lipinski definition) is 3. The van der Waals surface area contributed by atoms with Crippen molar-refractivity contribution in [2.24, 2.45) is 0 Å². The maximum Gasteiger partial charge on any atom is 0.294 e. The normalized spacial score (nSPS) is 19.0. The van der Waals surface area contributed by atoms with Gasteiger partial charge in [-0.1, -0.05) is 19.9 Å². The van der Waals surface area contributed by atoms with Crippen LogP contribution in [0.25, 0.3) is 6.08 Å². The Hall–Kier alpha value is -2.96. The van der Waals surface area contributed by atoms with E-state index in [1.807, 2.05) is 13.0 Å². The molecule has 4 aliphatic rings. The lowest BCUT2D eigenvalue weighted by Gasteiger charge is -2.38. The van der Waals surface area contributed by atoms with E-state index in [4.69, 9.17) is 0 Å². The maximum atomic E-state index is 11.6. The van der Waals surface area contributed by atoms with Crippen LogP contribution in [0.1, 0.15) is 77.6 Å². The highest BCUT2D eigenvalue weighted by atomic mass is 32.2. The molecule has 0 saturated carbocycles. The monoisotopic (exact) mass is 541 g/mol. The summed E-state index contributed by atoms with van der Waals surface area (Å²) in [5.74, 6) is 0. The molecule has 3 aromatic rings. The van der Waals surface area contributed by atoms with E-state index in [0.29, 0.717) is 0 Å². The van der Waals surface area contributed by atoms with Crippen molar-refractivity contribution in [3.63, 3.8) is 0 Å². The molecular weight excluding hydrogens is 504 g/mol. The van der Waals surface area contributed by atoms with Gasteiger partial charge in [0.1, 0.15) is 13.1 Å². The lowest BCUT2D eigenvalue weighted by molar-refractivity contribution is 0.472. The fraction of sp³-hybridized carbons (Fsp3) is 0.424. The summed E-state index contributed by atoms with van der Waals surface area (Å²) in [5, 5.41) is 2.96. The van der Waals surface area contributed by atoms with Gasteiger partial charge in [-0.3, -0.25) is 4.55 Å². The van der Waals surface area contributed by atoms with E-state index >= 15 is 0 Å². The Morgan fingerprint density at radius 3 is 2.51 bits per heavy atom. The van der Waals surface area contributed by atoms with E-state index in [9.17, 15) is 13.0 Å². The molecule has 5 nitrogen and oxygen atoms in total. The van der Waals surface area contributed by atoms with Crippen molar-refractivity contribution in [3.8, 4) is 0 Å². The highest BCUT2D eigenvalue weighted by molar-refractivity contribution is 7.85. The topological polar surface area (TPSA) is 60.6 Å². The van der Waals surface area contributed by atoms with Crippen LogP contribution in [0.3, 0.4) is 0 Å². The molecule has 0 aromatic heterocycles. The van der Waals surface area contributed by atoms with Gasteiger partial charge in [0.25, 0.3) is 10.1 Å². The van der Waals surface area contributed by atoms with Crippen LogP contribution in [0, 0.1) is 6.92 Å². The summed E-state index contributed by atoms with van der Waals surface area (Å²) in [5.41, 5.74) is 12.0. The fourth-order valence-corrected chi connectivity index (χ4v) is 8.37. The summed E-state index contributed by atoms with van der Waals surface area (Å²) in [6, 6.07) is 12.3. The SMILES string of the molecule is Cc1cc(S(=O)(=O)O)ccc1CN1CCCc2cc3c(cc21)C(C)(C)c1c2c4c(cc1=C3)CCC[N+]=4CCC2. The van der Waals surface area contributed by atoms with E-state index in [-0.39, 0.29) is 10.3 Å². The first-order chi connectivity index (χ1) is 18.6. The van der Waals surface area contributed by atoms with E-state index in [1.165, 1.54) is 78.0 Å². The Balaban J connectivity index is 1.34. The lowest BCUT2D eigenvalue weighted by Crippen LogP contribution is -2.48. The van der Waals surface area contributed by atoms with Gasteiger partial charge in [0.2, 0.25) is 5.36 Å². The third-order valence-corrected chi connectivity index (χ3v) is 10.5. The van der Waals surface area contributed by atoms with Crippen LogP contribution in [-0.4, -0.2) is 32.6 Å². The molecule has 202 valence electrons. The van der Waals surface area contributed by atoms with Crippen LogP contribution in [-0.2, 0) is 41.3 Å². The summed E-state index contributed by atoms with van der Waals surface area (Å²) in [7, 11) is -4.20. The van der Waals surface area contributed by atoms with Gasteiger partial charge in [0.15, 0.2) is 0 Å². The standard InChI is InChI=1S/C33H36N2O3S/c1-21-15-27(39(36,37)38)11-10-24(21)20-35-14-4-7-22-16-25-18-26-17-23-8-5-12-34-13-6-9-28(32(23)34)31(26)33(2,3)29(25)19-30(22)35/h10-11,15-19H,4-9,12-14,20H2,1-3H3/p+1. The third-order valence-electron chi connectivity index (χ3n) is 9.60. The number of nitrogens with zero attached hydrogens (tertiary/aromatic N) is 2. The summed E-state index contributed by atoms with van der Waals surface area (Å²) in [4.78, 5) is 2.41. The van der Waals surface area contributed by atoms with Crippen molar-refractivity contribution in [2.45, 2.75) is 76.2 Å². The second-order valence-electron chi connectivity index (χ2n) is 12.4. The van der Waals surface area contributed by atoms with Crippen molar-refractivity contribution in [1.82, 2.24) is 4.58 Å². The largest absolute Gasteiger partial charge is 0.367 e. The van der Waals surface area contributed by atoms with Crippen LogP contribution in [0.4, 0.5) is 5.69 Å². The molecule has 7 rings (SSSR count). The molecule has 0 radical (unpaired) electrons. The average Bonchev–Trinajstić information content (AvgIpc) is 2.88. The molecule has 0 atom stereocenters. The van der Waals surface area contributed by atoms with E-state index in [2.05, 4.69) is 47.6 Å². The zero-order valence-electron chi connectivity index (χ0n) is 23.2. The Labute approximate surface area is 231 Å². The molecule has 3 heterocycles. The van der Waals surface area contributed by atoms with Gasteiger partial charge < -0.3 is 4.90 Å². The van der Waals surface area contributed by atoms with Crippen LogP contribution in [0.15, 0.2) is 41.3 Å². The molecule has 0 unspecified atom stereocenters. The van der Waals surface area contributed by atoms with Gasteiger partial charge in [0.05, 0.1) is 4.90 Å². The third kappa shape index (κ3) is 3.98. The molecule has 3 aromatic carbocycles. The molecule has 1 aliphatic carbocycles. The predicted molar refractivity (Wildman–Crippen MR) is 156 cm³/mol. The molecule has 6 heteroatoms. The van der Waals surface area contributed by atoms with Crippen molar-refractivity contribution in [1.29, 1.82) is 0 Å². The summed E-state index contributed by atoms with van der Waals surface area (Å²) < 4.78 is 35.4. The highest BCUT2D eigenvalue weighted by Gasteiger charge is 2.37. The van der Waals surface area contributed by atoms with Gasteiger partial charge in [-0.2, -0.15) is 8.42 Å². The van der Waals surface area contributed by atoms with E-state index < -0.39 is 10.1 Å². The van der Waals surface area contributed by atoms with Gasteiger partial charge >= 0.3 is 0 Å². The fourth-order valence-electron chi connectivity index (χ4n) is 7.80. The minimum atomic E-state index is -4.20. The first-order valence-corrected chi connectivity index (χ1v) is 15.8. The predicted octanol–water partition coefficient (Wildman–Crippen LogP) is 4.05. The van der Waals surface area contributed by atoms with Crippen molar-refractivity contribution in [3.05, 3.63) is 91.5 Å². The number of hydrogen-bond donors (Lipinski definition) is 1. The molecular formula is C33H37N2O3S+. The molecule has 0 saturated heterocycles. The highest BCUT2D eigenvalue weighted by Crippen LogP contribution is 2.42. The number of benzene rings is 3. The quantitative estimate of drug-likeness (QED) is 0.402. The molecule has 3 aliphatic heterocycles. The molecule has 0 bridgehead atoms. The first-order valence-electron chi connectivity index (χ1n) is 14.4. The zero-order chi connectivity index (χ0) is 27.1. The number of rotatable bonds is 3. The molecule has 0 amide bonds. The lowest BCUT2D eigenvalue weighted by atomic mass is 9.68. The van der Waals surface area contributed by atoms with Gasteiger partial charge in [-0.25, -0.2) is 4.58 Å². The van der Waals surface area contributed by atoms with Crippen LogP contribution >= 0.6 is 0 Å². The molecule has 0 fully saturated rings. The van der Waals surface area contributed by atoms with E-state index in [1.54, 1.807) is 22.6 Å². The zero-order valence-corrected chi connectivity index (χ0v) is 24.0. The Morgan fingerprint density at radius 2 is 1.74 bits per heavy atom. The molecule has 39 heavy (non-hydrogen) atoms. The first kappa shape index (κ1) is 25.0. The number of anilines is 1. The Kier molecular flexibility index (Phi) is 5.63. The number of fused-ring (bicyclic) bond motifs is 4. The minimum absolute atomic E-state index is 0.0440. The van der Waals surface area contributed by atoms with E-state index in [0.717, 1.165) is 37.1 Å². The minimum Gasteiger partial charge on any atom is -0.367 e. The Bertz CT molecular complexity index is 1780. The average molecular weight is 542 g/mol. The Morgan fingerprint density at radius 1 is 0.974 bits per heavy atom. The van der Waals surface area contributed by atoms with Gasteiger partial charge in [0, 0.05) is 48.2 Å². The van der Waals surface area contributed by atoms with Gasteiger partial charge in [-0.05, 0) is 108 Å². The van der Waals surface area contributed by atoms with Crippen molar-refractivity contribution < 1.29 is 13.0 Å². The molecule has 1 N–H and O–H groups in total. The smallest absolute Gasteiger partial charge is 0.294 e. The second-order valence-corrected chi connectivity index (χ2v) is 13.9. The number of aryl methyl sites for hydroxylation is 3. The second kappa shape index (κ2) is 8.77. The van der Waals surface area contributed by atoms with Crippen molar-refractivity contribution in [2.75, 3.05) is 24.5 Å². The summed E-state index contributed by atoms with van der Waals surface area (Å²) >= 11 is 0. The summed E-state index contributed by atoms with van der Waals surface area (Å²) in [6.07, 6.45) is 9.48. The van der Waals surface area contributed by atoms with Crippen LogP contribution < -0.4 is 20.1 Å².